The zero-order chi connectivity index (χ0) is 8.97. The van der Waals surface area contributed by atoms with Crippen molar-refractivity contribution in [1.29, 1.82) is 0 Å². The summed E-state index contributed by atoms with van der Waals surface area (Å²) < 4.78 is 0. The van der Waals surface area contributed by atoms with E-state index in [9.17, 15) is 0 Å². The van der Waals surface area contributed by atoms with Crippen molar-refractivity contribution in [2.45, 2.75) is 26.8 Å². The van der Waals surface area contributed by atoms with Crippen LogP contribution in [0.2, 0.25) is 0 Å². The number of H-pyrrole nitrogens is 1. The minimum absolute atomic E-state index is 0.948. The summed E-state index contributed by atoms with van der Waals surface area (Å²) in [4.78, 5) is 2.25. The van der Waals surface area contributed by atoms with Crippen LogP contribution in [0.3, 0.4) is 0 Å². The van der Waals surface area contributed by atoms with Crippen LogP contribution in [0.5, 0.6) is 0 Å². The molecule has 3 nitrogen and oxygen atoms in total. The minimum Gasteiger partial charge on any atom is -0.301 e. The summed E-state index contributed by atoms with van der Waals surface area (Å²) in [5.74, 6) is 0. The molecule has 1 rings (SSSR count). The molecule has 0 aliphatic carbocycles. The second kappa shape index (κ2) is 4.26. The van der Waals surface area contributed by atoms with E-state index >= 15 is 0 Å². The molecule has 0 amide bonds. The van der Waals surface area contributed by atoms with Crippen LogP contribution in [-0.4, -0.2) is 28.7 Å². The lowest BCUT2D eigenvalue weighted by molar-refractivity contribution is 0.340. The molecule has 0 unspecified atom stereocenters. The molecule has 1 N–H and O–H groups in total. The molecule has 1 aromatic rings. The highest BCUT2D eigenvalue weighted by Crippen LogP contribution is 2.07. The summed E-state index contributed by atoms with van der Waals surface area (Å²) in [5.41, 5.74) is 2.51. The fraction of sp³-hybridized carbons (Fsp3) is 0.667. The van der Waals surface area contributed by atoms with Crippen molar-refractivity contribution in [2.24, 2.45) is 0 Å². The van der Waals surface area contributed by atoms with Gasteiger partial charge in [-0.05, 0) is 25.6 Å². The van der Waals surface area contributed by atoms with Gasteiger partial charge in [-0.15, -0.1) is 0 Å². The molecule has 0 spiro atoms. The normalized spacial score (nSPS) is 11.0. The highest BCUT2D eigenvalue weighted by Gasteiger charge is 2.05. The molecule has 0 aliphatic rings. The quantitative estimate of drug-likeness (QED) is 0.735. The Morgan fingerprint density at radius 2 is 2.25 bits per heavy atom. The van der Waals surface area contributed by atoms with Crippen molar-refractivity contribution in [3.63, 3.8) is 0 Å². The van der Waals surface area contributed by atoms with Gasteiger partial charge >= 0.3 is 0 Å². The van der Waals surface area contributed by atoms with Crippen molar-refractivity contribution in [3.05, 3.63) is 17.5 Å². The number of rotatable bonds is 4. The zero-order valence-corrected chi connectivity index (χ0v) is 8.09. The first-order valence-corrected chi connectivity index (χ1v) is 4.48. The van der Waals surface area contributed by atoms with E-state index < -0.39 is 0 Å². The van der Waals surface area contributed by atoms with Gasteiger partial charge in [0.15, 0.2) is 0 Å². The monoisotopic (exact) mass is 167 g/mol. The predicted octanol–water partition coefficient (Wildman–Crippen LogP) is 1.42. The molecule has 0 aliphatic heterocycles. The minimum atomic E-state index is 0.948. The molecule has 0 atom stereocenters. The first-order valence-electron chi connectivity index (χ1n) is 4.48. The topological polar surface area (TPSA) is 31.9 Å². The summed E-state index contributed by atoms with van der Waals surface area (Å²) in [7, 11) is 2.11. The van der Waals surface area contributed by atoms with E-state index in [1.165, 1.54) is 11.3 Å². The third-order valence-corrected chi connectivity index (χ3v) is 2.15. The van der Waals surface area contributed by atoms with Gasteiger partial charge in [-0.1, -0.05) is 13.8 Å². The van der Waals surface area contributed by atoms with Gasteiger partial charge in [0.25, 0.3) is 0 Å². The van der Waals surface area contributed by atoms with Gasteiger partial charge in [0, 0.05) is 12.7 Å². The fourth-order valence-corrected chi connectivity index (χ4v) is 1.15. The van der Waals surface area contributed by atoms with Crippen molar-refractivity contribution in [2.75, 3.05) is 13.6 Å². The first-order chi connectivity index (χ1) is 5.77. The van der Waals surface area contributed by atoms with Crippen molar-refractivity contribution >= 4 is 0 Å². The number of hydrogen-bond acceptors (Lipinski definition) is 2. The maximum atomic E-state index is 4.21. The Labute approximate surface area is 73.8 Å². The summed E-state index contributed by atoms with van der Waals surface area (Å²) in [6.07, 6.45) is 3.04. The van der Waals surface area contributed by atoms with Gasteiger partial charge in [0.2, 0.25) is 0 Å². The molecule has 1 heterocycles. The van der Waals surface area contributed by atoms with Gasteiger partial charge in [0.05, 0.1) is 5.69 Å². The Kier molecular flexibility index (Phi) is 3.29. The smallest absolute Gasteiger partial charge is 0.0793 e. The van der Waals surface area contributed by atoms with Crippen LogP contribution < -0.4 is 0 Å². The number of nitrogens with one attached hydrogen (secondary N) is 1. The van der Waals surface area contributed by atoms with E-state index in [1.54, 1.807) is 0 Å². The van der Waals surface area contributed by atoms with Crippen LogP contribution in [-0.2, 0) is 13.0 Å². The zero-order valence-electron chi connectivity index (χ0n) is 8.09. The van der Waals surface area contributed by atoms with E-state index in [0.29, 0.717) is 0 Å². The fourth-order valence-electron chi connectivity index (χ4n) is 1.15. The van der Waals surface area contributed by atoms with E-state index in [2.05, 4.69) is 36.0 Å². The Morgan fingerprint density at radius 3 is 2.83 bits per heavy atom. The molecular formula is C9H17N3. The van der Waals surface area contributed by atoms with Crippen molar-refractivity contribution in [3.8, 4) is 0 Å². The van der Waals surface area contributed by atoms with Crippen LogP contribution in [0.25, 0.3) is 0 Å². The summed E-state index contributed by atoms with van der Waals surface area (Å²) in [5, 5.41) is 7.11. The number of hydrogen-bond donors (Lipinski definition) is 1. The Morgan fingerprint density at radius 1 is 1.50 bits per heavy atom. The molecule has 12 heavy (non-hydrogen) atoms. The highest BCUT2D eigenvalue weighted by molar-refractivity contribution is 5.15. The highest BCUT2D eigenvalue weighted by atomic mass is 15.2. The second-order valence-electron chi connectivity index (χ2n) is 3.04. The van der Waals surface area contributed by atoms with Crippen LogP contribution in [0.4, 0.5) is 0 Å². The lowest BCUT2D eigenvalue weighted by Crippen LogP contribution is -2.17. The van der Waals surface area contributed by atoms with Gasteiger partial charge in [0.1, 0.15) is 0 Å². The molecule has 3 heteroatoms. The van der Waals surface area contributed by atoms with Crippen LogP contribution >= 0.6 is 0 Å². The van der Waals surface area contributed by atoms with Gasteiger partial charge in [-0.3, -0.25) is 5.10 Å². The molecule has 0 aromatic carbocycles. The molecule has 0 bridgehead atoms. The third kappa shape index (κ3) is 2.08. The van der Waals surface area contributed by atoms with Gasteiger partial charge in [-0.2, -0.15) is 5.10 Å². The summed E-state index contributed by atoms with van der Waals surface area (Å²) >= 11 is 0. The van der Waals surface area contributed by atoms with Gasteiger partial charge in [-0.25, -0.2) is 0 Å². The van der Waals surface area contributed by atoms with Crippen LogP contribution in [0.15, 0.2) is 6.20 Å². The van der Waals surface area contributed by atoms with Crippen LogP contribution in [0.1, 0.15) is 25.1 Å². The standard InChI is InChI=1S/C9H17N3/c1-4-8-6-10-11-9(8)7-12(3)5-2/h6H,4-5,7H2,1-3H3,(H,10,11). The van der Waals surface area contributed by atoms with E-state index in [1.807, 2.05) is 6.20 Å². The third-order valence-electron chi connectivity index (χ3n) is 2.15. The summed E-state index contributed by atoms with van der Waals surface area (Å²) in [6.45, 7) is 6.32. The molecule has 0 saturated heterocycles. The molecule has 1 aromatic heterocycles. The number of nitrogens with zero attached hydrogens (tertiary/aromatic N) is 2. The lowest BCUT2D eigenvalue weighted by Gasteiger charge is -2.12. The molecule has 0 radical (unpaired) electrons. The van der Waals surface area contributed by atoms with Gasteiger partial charge < -0.3 is 4.90 Å². The van der Waals surface area contributed by atoms with Crippen molar-refractivity contribution < 1.29 is 0 Å². The Hall–Kier alpha value is -0.830. The number of aromatic amines is 1. The lowest BCUT2D eigenvalue weighted by atomic mass is 10.2. The van der Waals surface area contributed by atoms with E-state index in [4.69, 9.17) is 0 Å². The SMILES string of the molecule is CCc1c[nH]nc1CN(C)CC. The predicted molar refractivity (Wildman–Crippen MR) is 50.0 cm³/mol. The largest absolute Gasteiger partial charge is 0.301 e. The Bertz CT molecular complexity index is 229. The maximum absolute atomic E-state index is 4.21. The average Bonchev–Trinajstić information content (AvgIpc) is 2.51. The Balaban J connectivity index is 2.61. The summed E-state index contributed by atoms with van der Waals surface area (Å²) in [6, 6.07) is 0. The van der Waals surface area contributed by atoms with Crippen molar-refractivity contribution in [1.82, 2.24) is 15.1 Å². The number of aromatic nitrogens is 2. The van der Waals surface area contributed by atoms with E-state index in [0.717, 1.165) is 19.5 Å². The van der Waals surface area contributed by atoms with E-state index in [-0.39, 0.29) is 0 Å². The molecule has 68 valence electrons. The van der Waals surface area contributed by atoms with Crippen LogP contribution in [0, 0.1) is 0 Å². The number of aryl methyl sites for hydroxylation is 1. The maximum Gasteiger partial charge on any atom is 0.0793 e. The second-order valence-corrected chi connectivity index (χ2v) is 3.04. The molecular weight excluding hydrogens is 150 g/mol. The molecule has 0 saturated carbocycles. The average molecular weight is 167 g/mol. The molecule has 0 fully saturated rings. The first kappa shape index (κ1) is 9.26.